The number of primary amides is 1. The molecule has 0 aliphatic carbocycles. The number of nitrogens with zero attached hydrogens (tertiary/aromatic N) is 2. The maximum absolute atomic E-state index is 12.4. The molecule has 0 aliphatic heterocycles. The normalized spacial score (nSPS) is 11.6. The number of carbonyl (C=O) groups excluding carboxylic acids is 2. The number of benzene rings is 1. The Kier molecular flexibility index (Phi) is 6.49. The number of anilines is 3. The third-order valence-corrected chi connectivity index (χ3v) is 6.41. The van der Waals surface area contributed by atoms with Crippen molar-refractivity contribution in [2.24, 2.45) is 5.73 Å². The molecule has 0 unspecified atom stereocenters. The van der Waals surface area contributed by atoms with E-state index >= 15 is 0 Å². The number of aromatic nitrogens is 2. The fraction of sp³-hybridized carbons (Fsp3) is 0.176. The monoisotopic (exact) mass is 435 g/mol. The van der Waals surface area contributed by atoms with Crippen LogP contribution in [0.5, 0.6) is 5.75 Å². The number of nitrogens with two attached hydrogens (primary N) is 1. The molecule has 0 saturated heterocycles. The molecule has 0 saturated carbocycles. The van der Waals surface area contributed by atoms with Gasteiger partial charge in [0, 0.05) is 5.69 Å². The molecule has 1 atom stereocenters. The molecule has 3 aromatic rings. The topological polar surface area (TPSA) is 119 Å². The average molecular weight is 436 g/mol. The van der Waals surface area contributed by atoms with Gasteiger partial charge in [-0.3, -0.25) is 9.59 Å². The molecule has 2 aromatic heterocycles. The molecule has 0 bridgehead atoms. The Morgan fingerprint density at radius 2 is 1.96 bits per heavy atom. The second-order valence-corrected chi connectivity index (χ2v) is 8.99. The van der Waals surface area contributed by atoms with Gasteiger partial charge in [0.2, 0.25) is 11.0 Å². The molecule has 4 N–H and O–H groups in total. The summed E-state index contributed by atoms with van der Waals surface area (Å²) >= 11 is 3.88. The molecule has 2 heterocycles. The van der Waals surface area contributed by atoms with E-state index in [1.54, 1.807) is 25.5 Å². The van der Waals surface area contributed by atoms with E-state index in [-0.39, 0.29) is 5.91 Å². The molecule has 2 amide bonds. The second kappa shape index (κ2) is 9.04. The molecule has 3 rings (SSSR count). The highest BCUT2D eigenvalue weighted by atomic mass is 32.2. The summed E-state index contributed by atoms with van der Waals surface area (Å²) in [5.41, 5.74) is 6.46. The number of hydrogen-bond donors (Lipinski definition) is 3. The SMILES string of the molecule is COc1ccc(Nc2nnc(S[C@H](C)C(=O)Nc3sccc3C(N)=O)s2)cc1. The van der Waals surface area contributed by atoms with Crippen LogP contribution in [0, 0.1) is 0 Å². The Morgan fingerprint density at radius 3 is 2.64 bits per heavy atom. The van der Waals surface area contributed by atoms with Gasteiger partial charge in [-0.15, -0.1) is 21.5 Å². The third-order valence-electron chi connectivity index (χ3n) is 3.56. The number of thiophene rings is 1. The van der Waals surface area contributed by atoms with Crippen molar-refractivity contribution < 1.29 is 14.3 Å². The lowest BCUT2D eigenvalue weighted by Gasteiger charge is -2.09. The quantitative estimate of drug-likeness (QED) is 0.463. The van der Waals surface area contributed by atoms with Crippen LogP contribution < -0.4 is 21.1 Å². The van der Waals surface area contributed by atoms with Crippen LogP contribution in [0.2, 0.25) is 0 Å². The van der Waals surface area contributed by atoms with Crippen molar-refractivity contribution >= 4 is 62.1 Å². The largest absolute Gasteiger partial charge is 0.497 e. The van der Waals surface area contributed by atoms with Gasteiger partial charge in [-0.05, 0) is 42.6 Å². The van der Waals surface area contributed by atoms with E-state index in [0.717, 1.165) is 11.4 Å². The summed E-state index contributed by atoms with van der Waals surface area (Å²) in [7, 11) is 1.61. The maximum Gasteiger partial charge on any atom is 0.251 e. The van der Waals surface area contributed by atoms with Crippen molar-refractivity contribution in [2.45, 2.75) is 16.5 Å². The number of hydrogen-bond acceptors (Lipinski definition) is 9. The summed E-state index contributed by atoms with van der Waals surface area (Å²) in [6.07, 6.45) is 0. The highest BCUT2D eigenvalue weighted by Crippen LogP contribution is 2.32. The summed E-state index contributed by atoms with van der Waals surface area (Å²) in [5.74, 6) is -0.0471. The Labute approximate surface area is 173 Å². The first-order valence-corrected chi connectivity index (χ1v) is 10.6. The first-order valence-electron chi connectivity index (χ1n) is 8.05. The van der Waals surface area contributed by atoms with Gasteiger partial charge in [-0.2, -0.15) is 0 Å². The molecule has 0 spiro atoms. The van der Waals surface area contributed by atoms with Crippen LogP contribution in [0.15, 0.2) is 40.1 Å². The van der Waals surface area contributed by atoms with Crippen molar-refractivity contribution in [2.75, 3.05) is 17.7 Å². The zero-order chi connectivity index (χ0) is 20.1. The average Bonchev–Trinajstić information content (AvgIpc) is 3.31. The lowest BCUT2D eigenvalue weighted by atomic mass is 10.3. The third kappa shape index (κ3) is 5.00. The molecule has 0 fully saturated rings. The summed E-state index contributed by atoms with van der Waals surface area (Å²) in [4.78, 5) is 23.8. The minimum atomic E-state index is -0.574. The number of methoxy groups -OCH3 is 1. The van der Waals surface area contributed by atoms with Gasteiger partial charge in [0.05, 0.1) is 17.9 Å². The molecule has 28 heavy (non-hydrogen) atoms. The lowest BCUT2D eigenvalue weighted by molar-refractivity contribution is -0.115. The predicted octanol–water partition coefficient (Wildman–Crippen LogP) is 3.57. The van der Waals surface area contributed by atoms with Crippen LogP contribution in [0.4, 0.5) is 15.8 Å². The zero-order valence-electron chi connectivity index (χ0n) is 15.0. The summed E-state index contributed by atoms with van der Waals surface area (Å²) < 4.78 is 5.78. The van der Waals surface area contributed by atoms with E-state index in [2.05, 4.69) is 20.8 Å². The van der Waals surface area contributed by atoms with Crippen LogP contribution in [0.25, 0.3) is 0 Å². The molecule has 0 radical (unpaired) electrons. The number of thioether (sulfide) groups is 1. The number of nitrogens with one attached hydrogen (secondary N) is 2. The fourth-order valence-electron chi connectivity index (χ4n) is 2.12. The van der Waals surface area contributed by atoms with E-state index in [1.807, 2.05) is 24.3 Å². The highest BCUT2D eigenvalue weighted by Gasteiger charge is 2.20. The second-order valence-electron chi connectivity index (χ2n) is 5.50. The van der Waals surface area contributed by atoms with Crippen LogP contribution in [-0.2, 0) is 4.79 Å². The van der Waals surface area contributed by atoms with Crippen molar-refractivity contribution in [3.63, 3.8) is 0 Å². The van der Waals surface area contributed by atoms with E-state index in [1.165, 1.54) is 34.4 Å². The maximum atomic E-state index is 12.4. The van der Waals surface area contributed by atoms with Gasteiger partial charge in [-0.25, -0.2) is 0 Å². The Bertz CT molecular complexity index is 971. The lowest BCUT2D eigenvalue weighted by Crippen LogP contribution is -2.23. The van der Waals surface area contributed by atoms with Crippen molar-refractivity contribution in [3.8, 4) is 5.75 Å². The highest BCUT2D eigenvalue weighted by molar-refractivity contribution is 8.02. The molecular weight excluding hydrogens is 418 g/mol. The van der Waals surface area contributed by atoms with Crippen molar-refractivity contribution in [1.29, 1.82) is 0 Å². The number of ether oxygens (including phenoxy) is 1. The minimum Gasteiger partial charge on any atom is -0.497 e. The van der Waals surface area contributed by atoms with Gasteiger partial charge < -0.3 is 21.1 Å². The van der Waals surface area contributed by atoms with Crippen molar-refractivity contribution in [1.82, 2.24) is 10.2 Å². The molecule has 11 heteroatoms. The molecule has 0 aliphatic rings. The molecule has 8 nitrogen and oxygen atoms in total. The van der Waals surface area contributed by atoms with E-state index in [4.69, 9.17) is 10.5 Å². The van der Waals surface area contributed by atoms with Crippen molar-refractivity contribution in [3.05, 3.63) is 41.3 Å². The Balaban J connectivity index is 1.58. The smallest absolute Gasteiger partial charge is 0.251 e. The predicted molar refractivity (Wildman–Crippen MR) is 113 cm³/mol. The summed E-state index contributed by atoms with van der Waals surface area (Å²) in [6, 6.07) is 9.02. The fourth-order valence-corrected chi connectivity index (χ4v) is 4.84. The molecule has 1 aromatic carbocycles. The van der Waals surface area contributed by atoms with Gasteiger partial charge in [0.15, 0.2) is 4.34 Å². The van der Waals surface area contributed by atoms with Gasteiger partial charge >= 0.3 is 0 Å². The number of rotatable bonds is 8. The van der Waals surface area contributed by atoms with Gasteiger partial charge in [0.25, 0.3) is 5.91 Å². The van der Waals surface area contributed by atoms with Crippen LogP contribution in [0.3, 0.4) is 0 Å². The Morgan fingerprint density at radius 1 is 1.21 bits per heavy atom. The van der Waals surface area contributed by atoms with Crippen LogP contribution >= 0.6 is 34.4 Å². The van der Waals surface area contributed by atoms with E-state index in [0.29, 0.717) is 20.0 Å². The minimum absolute atomic E-state index is 0.241. The van der Waals surface area contributed by atoms with E-state index in [9.17, 15) is 9.59 Å². The van der Waals surface area contributed by atoms with E-state index < -0.39 is 11.2 Å². The molecular formula is C17H17N5O3S3. The number of carbonyl (C=O) groups is 2. The van der Waals surface area contributed by atoms with Crippen LogP contribution in [0.1, 0.15) is 17.3 Å². The van der Waals surface area contributed by atoms with Gasteiger partial charge in [0.1, 0.15) is 10.8 Å². The standard InChI is InChI=1S/C17H17N5O3S3/c1-9(14(24)20-15-12(13(18)23)7-8-26-15)27-17-22-21-16(28-17)19-10-3-5-11(25-2)6-4-10/h3-9H,1-2H3,(H2,18,23)(H,19,21)(H,20,24)/t9-/m1/s1. The molecule has 146 valence electrons. The number of amides is 2. The first kappa shape index (κ1) is 20.1. The van der Waals surface area contributed by atoms with Gasteiger partial charge in [-0.1, -0.05) is 23.1 Å². The summed E-state index contributed by atoms with van der Waals surface area (Å²) in [5, 5.41) is 16.4. The first-order chi connectivity index (χ1) is 13.5. The summed E-state index contributed by atoms with van der Waals surface area (Å²) in [6.45, 7) is 1.76. The van der Waals surface area contributed by atoms with Crippen LogP contribution in [-0.4, -0.2) is 34.4 Å². The Hall–Kier alpha value is -2.63. The zero-order valence-corrected chi connectivity index (χ0v) is 17.4.